The zero-order chi connectivity index (χ0) is 30.1. The monoisotopic (exact) mass is 578 g/mol. The summed E-state index contributed by atoms with van der Waals surface area (Å²) in [5.74, 6) is 1.35. The van der Waals surface area contributed by atoms with E-state index in [4.69, 9.17) is 18.3 Å². The molecule has 0 fully saturated rings. The van der Waals surface area contributed by atoms with Crippen molar-refractivity contribution >= 4 is 7.82 Å². The number of phenolic OH excluding ortho intramolecular Hbond substituents is 1. The van der Waals surface area contributed by atoms with E-state index in [9.17, 15) is 9.67 Å². The van der Waals surface area contributed by atoms with Crippen LogP contribution in [0.25, 0.3) is 0 Å². The van der Waals surface area contributed by atoms with Crippen LogP contribution in [0.15, 0.2) is 23.8 Å². The van der Waals surface area contributed by atoms with E-state index in [0.29, 0.717) is 12.2 Å². The highest BCUT2D eigenvalue weighted by Crippen LogP contribution is 2.58. The quantitative estimate of drug-likeness (QED) is 0.160. The molecule has 1 aromatic carbocycles. The molecule has 40 heavy (non-hydrogen) atoms. The van der Waals surface area contributed by atoms with Gasteiger partial charge in [-0.05, 0) is 103 Å². The minimum absolute atomic E-state index is 0.0582. The first kappa shape index (κ1) is 33.2. The van der Waals surface area contributed by atoms with Crippen molar-refractivity contribution in [2.45, 2.75) is 149 Å². The van der Waals surface area contributed by atoms with Crippen LogP contribution in [0.2, 0.25) is 0 Å². The van der Waals surface area contributed by atoms with E-state index in [0.717, 1.165) is 35.3 Å². The molecule has 0 bridgehead atoms. The van der Waals surface area contributed by atoms with Crippen LogP contribution in [0, 0.1) is 5.92 Å². The number of phosphoric acid groups is 1. The Morgan fingerprint density at radius 3 is 2.20 bits per heavy atom. The summed E-state index contributed by atoms with van der Waals surface area (Å²) in [7, 11) is -3.82. The summed E-state index contributed by atoms with van der Waals surface area (Å²) in [5.41, 5.74) is 1.19. The molecule has 1 aliphatic heterocycles. The number of benzene rings is 1. The van der Waals surface area contributed by atoms with Gasteiger partial charge >= 0.3 is 7.82 Å². The summed E-state index contributed by atoms with van der Waals surface area (Å²) in [6.07, 6.45) is 9.58. The third-order valence-corrected chi connectivity index (χ3v) is 9.99. The van der Waals surface area contributed by atoms with Gasteiger partial charge in [-0.1, -0.05) is 52.5 Å². The SMILES string of the molecule is CCCCCCC(C)(C)c1cc(O)c2c(c1)OC(C)(C)[C@H]1CC=C(COP(=O)(OC(C)(C)C)OC(C)(C)C)C[C@H]21. The maximum atomic E-state index is 13.6. The highest BCUT2D eigenvalue weighted by atomic mass is 31.2. The maximum absolute atomic E-state index is 13.6. The lowest BCUT2D eigenvalue weighted by Crippen LogP contribution is -2.45. The number of ether oxygens (including phenoxy) is 1. The van der Waals surface area contributed by atoms with E-state index in [2.05, 4.69) is 46.8 Å². The number of rotatable bonds is 11. The lowest BCUT2D eigenvalue weighted by Gasteiger charge is -2.47. The fourth-order valence-corrected chi connectivity index (χ4v) is 7.82. The molecule has 0 spiro atoms. The zero-order valence-corrected chi connectivity index (χ0v) is 27.9. The van der Waals surface area contributed by atoms with E-state index >= 15 is 0 Å². The first-order chi connectivity index (χ1) is 18.3. The van der Waals surface area contributed by atoms with Crippen LogP contribution >= 0.6 is 7.82 Å². The molecule has 0 amide bonds. The van der Waals surface area contributed by atoms with Crippen LogP contribution in [0.3, 0.4) is 0 Å². The van der Waals surface area contributed by atoms with Crippen molar-refractivity contribution in [2.24, 2.45) is 5.92 Å². The van der Waals surface area contributed by atoms with Gasteiger partial charge in [0.2, 0.25) is 0 Å². The Morgan fingerprint density at radius 1 is 1.00 bits per heavy atom. The molecule has 7 heteroatoms. The molecule has 2 aliphatic rings. The number of fused-ring (bicyclic) bond motifs is 3. The molecule has 0 saturated heterocycles. The number of unbranched alkanes of at least 4 members (excludes halogenated alkanes) is 3. The first-order valence-electron chi connectivity index (χ1n) is 15.2. The Labute approximate surface area is 243 Å². The van der Waals surface area contributed by atoms with Crippen LogP contribution in [0.1, 0.15) is 138 Å². The molecule has 2 atom stereocenters. The van der Waals surface area contributed by atoms with Gasteiger partial charge in [0.1, 0.15) is 17.1 Å². The Hall–Kier alpha value is -1.33. The lowest BCUT2D eigenvalue weighted by molar-refractivity contribution is -0.000158. The normalized spacial score (nSPS) is 21.3. The van der Waals surface area contributed by atoms with Crippen LogP contribution < -0.4 is 4.74 Å². The van der Waals surface area contributed by atoms with Gasteiger partial charge < -0.3 is 9.84 Å². The predicted octanol–water partition coefficient (Wildman–Crippen LogP) is 9.99. The Bertz CT molecular complexity index is 1090. The van der Waals surface area contributed by atoms with Gasteiger partial charge in [-0.2, -0.15) is 0 Å². The Morgan fingerprint density at radius 2 is 1.62 bits per heavy atom. The molecule has 0 radical (unpaired) electrons. The third-order valence-electron chi connectivity index (χ3n) is 8.00. The number of aromatic hydroxyl groups is 1. The number of hydrogen-bond donors (Lipinski definition) is 1. The average molecular weight is 579 g/mol. The molecule has 228 valence electrons. The smallest absolute Gasteiger partial charge is 0.476 e. The Balaban J connectivity index is 1.85. The first-order valence-corrected chi connectivity index (χ1v) is 16.6. The summed E-state index contributed by atoms with van der Waals surface area (Å²) < 4.78 is 37.8. The second kappa shape index (κ2) is 12.1. The molecule has 1 aliphatic carbocycles. The van der Waals surface area contributed by atoms with Gasteiger partial charge in [0.05, 0.1) is 17.8 Å². The molecule has 0 aromatic heterocycles. The summed E-state index contributed by atoms with van der Waals surface area (Å²) in [5, 5.41) is 11.4. The van der Waals surface area contributed by atoms with Gasteiger partial charge in [-0.25, -0.2) is 4.57 Å². The highest BCUT2D eigenvalue weighted by molar-refractivity contribution is 7.48. The number of allylic oxidation sites excluding steroid dienone is 1. The van der Waals surface area contributed by atoms with Gasteiger partial charge in [0.25, 0.3) is 0 Å². The van der Waals surface area contributed by atoms with E-state index in [-0.39, 0.29) is 23.9 Å². The van der Waals surface area contributed by atoms with Crippen molar-refractivity contribution in [3.05, 3.63) is 34.9 Å². The average Bonchev–Trinajstić information content (AvgIpc) is 2.77. The van der Waals surface area contributed by atoms with Crippen molar-refractivity contribution in [1.82, 2.24) is 0 Å². The third kappa shape index (κ3) is 8.60. The van der Waals surface area contributed by atoms with Crippen molar-refractivity contribution in [3.63, 3.8) is 0 Å². The molecule has 0 unspecified atom stereocenters. The minimum atomic E-state index is -3.82. The fraction of sp³-hybridized carbons (Fsp3) is 0.758. The zero-order valence-electron chi connectivity index (χ0n) is 27.0. The maximum Gasteiger partial charge on any atom is 0.476 e. The van der Waals surface area contributed by atoms with Gasteiger partial charge in [-0.3, -0.25) is 13.6 Å². The largest absolute Gasteiger partial charge is 0.508 e. The second-order valence-electron chi connectivity index (χ2n) is 15.0. The second-order valence-corrected chi connectivity index (χ2v) is 16.5. The van der Waals surface area contributed by atoms with E-state index in [1.54, 1.807) is 0 Å². The van der Waals surface area contributed by atoms with E-state index < -0.39 is 24.6 Å². The summed E-state index contributed by atoms with van der Waals surface area (Å²) >= 11 is 0. The van der Waals surface area contributed by atoms with Crippen molar-refractivity contribution < 1.29 is 28.0 Å². The molecular weight excluding hydrogens is 523 g/mol. The van der Waals surface area contributed by atoms with Gasteiger partial charge in [0, 0.05) is 17.4 Å². The van der Waals surface area contributed by atoms with E-state index in [1.807, 2.05) is 47.6 Å². The van der Waals surface area contributed by atoms with Gasteiger partial charge in [-0.15, -0.1) is 0 Å². The van der Waals surface area contributed by atoms with Crippen LogP contribution in [-0.4, -0.2) is 28.5 Å². The van der Waals surface area contributed by atoms with Crippen molar-refractivity contribution in [3.8, 4) is 11.5 Å². The van der Waals surface area contributed by atoms with Crippen LogP contribution in [-0.2, 0) is 23.6 Å². The Kier molecular flexibility index (Phi) is 10.0. The molecule has 0 saturated carbocycles. The fourth-order valence-electron chi connectivity index (χ4n) is 6.02. The standard InChI is InChI=1S/C33H55O6P/c1-12-13-14-15-18-32(8,9)24-20-27(34)29-25-19-23(16-17-26(25)33(10,11)37-28(29)21-24)22-36-40(35,38-30(2,3)4)39-31(5,6)7/h16,20-21,25-26,34H,12-15,17-19,22H2,1-11H3/t25-,26-/m0/s1. The highest BCUT2D eigenvalue weighted by Gasteiger charge is 2.47. The number of hydrogen-bond acceptors (Lipinski definition) is 6. The molecule has 6 nitrogen and oxygen atoms in total. The lowest BCUT2D eigenvalue weighted by atomic mass is 9.66. The van der Waals surface area contributed by atoms with Crippen molar-refractivity contribution in [1.29, 1.82) is 0 Å². The predicted molar refractivity (Wildman–Crippen MR) is 163 cm³/mol. The summed E-state index contributed by atoms with van der Waals surface area (Å²) in [6.45, 7) is 22.2. The van der Waals surface area contributed by atoms with Crippen molar-refractivity contribution in [2.75, 3.05) is 6.61 Å². The minimum Gasteiger partial charge on any atom is -0.508 e. The number of phenols is 1. The summed E-state index contributed by atoms with van der Waals surface area (Å²) in [4.78, 5) is 0. The van der Waals surface area contributed by atoms with E-state index in [1.165, 1.54) is 25.7 Å². The molecular formula is C33H55O6P. The molecule has 1 N–H and O–H groups in total. The molecule has 1 aromatic rings. The summed E-state index contributed by atoms with van der Waals surface area (Å²) in [6, 6.07) is 4.11. The van der Waals surface area contributed by atoms with Crippen LogP contribution in [0.5, 0.6) is 11.5 Å². The number of phosphoric ester groups is 1. The van der Waals surface area contributed by atoms with Crippen LogP contribution in [0.4, 0.5) is 0 Å². The van der Waals surface area contributed by atoms with Gasteiger partial charge in [0.15, 0.2) is 0 Å². The topological polar surface area (TPSA) is 74.2 Å². The molecule has 3 rings (SSSR count). The molecule has 1 heterocycles.